The summed E-state index contributed by atoms with van der Waals surface area (Å²) in [5, 5.41) is 23.7. The molecule has 1 aliphatic heterocycles. The Bertz CT molecular complexity index is 639. The summed E-state index contributed by atoms with van der Waals surface area (Å²) in [5.74, 6) is -0.102. The molecule has 0 radical (unpaired) electrons. The Balaban J connectivity index is 1.93. The molecule has 1 aromatic carbocycles. The Hall–Kier alpha value is -1.94. The first-order valence-electron chi connectivity index (χ1n) is 8.66. The van der Waals surface area contributed by atoms with Gasteiger partial charge in [-0.1, -0.05) is 12.1 Å². The fraction of sp³-hybridized carbons (Fsp3) is 0.556. The zero-order chi connectivity index (χ0) is 20.0. The van der Waals surface area contributed by atoms with Gasteiger partial charge in [0, 0.05) is 13.5 Å². The quantitative estimate of drug-likeness (QED) is 0.475. The van der Waals surface area contributed by atoms with Crippen LogP contribution in [-0.2, 0) is 25.5 Å². The number of hydrogen-bond acceptors (Lipinski definition) is 8. The maximum absolute atomic E-state index is 11.1. The summed E-state index contributed by atoms with van der Waals surface area (Å²) in [5.41, 5.74) is 0.956. The van der Waals surface area contributed by atoms with E-state index in [-0.39, 0.29) is 0 Å². The average molecular weight is 399 g/mol. The topological polar surface area (TPSA) is 106 Å². The lowest BCUT2D eigenvalue weighted by Gasteiger charge is -2.40. The molecule has 5 unspecified atom stereocenters. The summed E-state index contributed by atoms with van der Waals surface area (Å²) in [6.45, 7) is 5.72. The molecular weight excluding hydrogens is 374 g/mol. The lowest BCUT2D eigenvalue weighted by molar-refractivity contribution is -0.272. The summed E-state index contributed by atoms with van der Waals surface area (Å²) in [6, 6.07) is 7.08. The number of aliphatic hydroxyl groups is 2. The second-order valence-corrected chi connectivity index (χ2v) is 6.47. The predicted octanol–water partition coefficient (Wildman–Crippen LogP) is 0.875. The van der Waals surface area contributed by atoms with Crippen LogP contribution in [-0.4, -0.2) is 58.7 Å². The van der Waals surface area contributed by atoms with E-state index in [1.165, 1.54) is 6.92 Å². The van der Waals surface area contributed by atoms with Gasteiger partial charge in [0.15, 0.2) is 6.10 Å². The van der Waals surface area contributed by atoms with Crippen LogP contribution in [0, 0.1) is 0 Å². The molecule has 1 heterocycles. The van der Waals surface area contributed by atoms with Crippen LogP contribution in [0.5, 0.6) is 5.75 Å². The third-order valence-electron chi connectivity index (χ3n) is 3.97. The summed E-state index contributed by atoms with van der Waals surface area (Å²) in [4.78, 5) is 11.1. The van der Waals surface area contributed by atoms with Gasteiger partial charge in [0.2, 0.25) is 6.29 Å². The van der Waals surface area contributed by atoms with E-state index in [9.17, 15) is 15.0 Å². The number of carbonyl (C=O) groups is 1. The van der Waals surface area contributed by atoms with Crippen molar-refractivity contribution >= 4 is 23.4 Å². The van der Waals surface area contributed by atoms with E-state index >= 15 is 0 Å². The predicted molar refractivity (Wildman–Crippen MR) is 100 cm³/mol. The first kappa shape index (κ1) is 21.4. The van der Waals surface area contributed by atoms with Crippen molar-refractivity contribution in [2.75, 3.05) is 6.61 Å². The van der Waals surface area contributed by atoms with Crippen molar-refractivity contribution in [2.24, 2.45) is 0 Å². The van der Waals surface area contributed by atoms with Crippen LogP contribution in [0.1, 0.15) is 26.3 Å². The third kappa shape index (κ3) is 6.03. The zero-order valence-corrected chi connectivity index (χ0v) is 16.3. The number of aliphatic hydroxyl groups excluding tert-OH is 2. The fourth-order valence-corrected chi connectivity index (χ4v) is 2.82. The SMILES string of the molecule is CCOC(=S)NCc1ccc(OC2OC(C)C(OC(C)=O)C(O)C2O)cc1. The molecule has 9 heteroatoms. The van der Waals surface area contributed by atoms with Crippen molar-refractivity contribution in [1.29, 1.82) is 0 Å². The van der Waals surface area contributed by atoms with Crippen molar-refractivity contribution in [2.45, 2.75) is 58.0 Å². The molecular formula is C18H25NO7S. The standard InChI is InChI=1S/C18H25NO7S/c1-4-23-18(27)19-9-12-5-7-13(8-6-12)26-17-15(22)14(21)16(10(2)24-17)25-11(3)20/h5-8,10,14-17,21-22H,4,9H2,1-3H3,(H,19,27). The van der Waals surface area contributed by atoms with E-state index < -0.39 is 36.7 Å². The van der Waals surface area contributed by atoms with E-state index in [0.29, 0.717) is 24.1 Å². The molecule has 0 aromatic heterocycles. The Morgan fingerprint density at radius 3 is 2.52 bits per heavy atom. The fourth-order valence-electron chi connectivity index (χ4n) is 2.63. The normalized spacial score (nSPS) is 27.5. The Kier molecular flexibility index (Phi) is 7.78. The van der Waals surface area contributed by atoms with Crippen molar-refractivity contribution in [3.05, 3.63) is 29.8 Å². The lowest BCUT2D eigenvalue weighted by Crippen LogP contribution is -2.59. The van der Waals surface area contributed by atoms with Crippen LogP contribution in [0.25, 0.3) is 0 Å². The average Bonchev–Trinajstić information content (AvgIpc) is 2.62. The molecule has 0 amide bonds. The minimum atomic E-state index is -1.37. The second kappa shape index (κ2) is 9.84. The van der Waals surface area contributed by atoms with Gasteiger partial charge in [-0.25, -0.2) is 0 Å². The molecule has 8 nitrogen and oxygen atoms in total. The summed E-state index contributed by atoms with van der Waals surface area (Å²) < 4.78 is 21.4. The molecule has 1 saturated heterocycles. The van der Waals surface area contributed by atoms with Gasteiger partial charge in [-0.05, 0) is 43.8 Å². The van der Waals surface area contributed by atoms with E-state index in [0.717, 1.165) is 5.56 Å². The maximum atomic E-state index is 11.1. The highest BCUT2D eigenvalue weighted by atomic mass is 32.1. The van der Waals surface area contributed by atoms with Gasteiger partial charge in [-0.2, -0.15) is 0 Å². The first-order chi connectivity index (χ1) is 12.8. The van der Waals surface area contributed by atoms with Crippen molar-refractivity contribution in [3.63, 3.8) is 0 Å². The zero-order valence-electron chi connectivity index (χ0n) is 15.5. The van der Waals surface area contributed by atoms with Gasteiger partial charge >= 0.3 is 5.97 Å². The van der Waals surface area contributed by atoms with Crippen molar-refractivity contribution in [1.82, 2.24) is 5.32 Å². The molecule has 0 bridgehead atoms. The van der Waals surface area contributed by atoms with E-state index in [1.807, 2.05) is 19.1 Å². The number of thiocarbonyl (C=S) groups is 1. The van der Waals surface area contributed by atoms with Crippen LogP contribution in [0.15, 0.2) is 24.3 Å². The highest BCUT2D eigenvalue weighted by Crippen LogP contribution is 2.26. The van der Waals surface area contributed by atoms with Crippen LogP contribution in [0.2, 0.25) is 0 Å². The molecule has 150 valence electrons. The van der Waals surface area contributed by atoms with Gasteiger partial charge in [0.05, 0.1) is 12.7 Å². The number of hydrogen-bond donors (Lipinski definition) is 3. The number of carbonyl (C=O) groups excluding carboxylic acids is 1. The number of nitrogens with one attached hydrogen (secondary N) is 1. The Morgan fingerprint density at radius 2 is 1.93 bits per heavy atom. The lowest BCUT2D eigenvalue weighted by atomic mass is 9.99. The molecule has 5 atom stereocenters. The first-order valence-corrected chi connectivity index (χ1v) is 9.07. The van der Waals surface area contributed by atoms with Crippen LogP contribution < -0.4 is 10.1 Å². The summed E-state index contributed by atoms with van der Waals surface area (Å²) >= 11 is 5.00. The van der Waals surface area contributed by atoms with E-state index in [2.05, 4.69) is 5.32 Å². The highest BCUT2D eigenvalue weighted by molar-refractivity contribution is 7.80. The molecule has 0 spiro atoms. The highest BCUT2D eigenvalue weighted by Gasteiger charge is 2.45. The van der Waals surface area contributed by atoms with Crippen molar-refractivity contribution in [3.8, 4) is 5.75 Å². The monoisotopic (exact) mass is 399 g/mol. The summed E-state index contributed by atoms with van der Waals surface area (Å²) in [7, 11) is 0. The van der Waals surface area contributed by atoms with Gasteiger partial charge in [-0.3, -0.25) is 4.79 Å². The Labute approximate surface area is 163 Å². The number of rotatable bonds is 6. The minimum Gasteiger partial charge on any atom is -0.471 e. The van der Waals surface area contributed by atoms with Gasteiger partial charge in [0.1, 0.15) is 18.0 Å². The molecule has 2 rings (SSSR count). The van der Waals surface area contributed by atoms with Crippen LogP contribution in [0.4, 0.5) is 0 Å². The molecule has 1 fully saturated rings. The molecule has 0 aliphatic carbocycles. The smallest absolute Gasteiger partial charge is 0.303 e. The maximum Gasteiger partial charge on any atom is 0.303 e. The molecule has 1 aromatic rings. The van der Waals surface area contributed by atoms with Gasteiger partial charge in [0.25, 0.3) is 5.17 Å². The number of esters is 1. The molecule has 0 saturated carbocycles. The van der Waals surface area contributed by atoms with E-state index in [4.69, 9.17) is 31.2 Å². The van der Waals surface area contributed by atoms with Gasteiger partial charge in [-0.15, -0.1) is 0 Å². The number of ether oxygens (including phenoxy) is 4. The third-order valence-corrected chi connectivity index (χ3v) is 4.23. The minimum absolute atomic E-state index is 0.335. The van der Waals surface area contributed by atoms with Crippen LogP contribution in [0.3, 0.4) is 0 Å². The molecule has 3 N–H and O–H groups in total. The summed E-state index contributed by atoms with van der Waals surface area (Å²) in [6.07, 6.45) is -5.36. The second-order valence-electron chi connectivity index (χ2n) is 6.10. The Morgan fingerprint density at radius 1 is 1.26 bits per heavy atom. The van der Waals surface area contributed by atoms with E-state index in [1.54, 1.807) is 19.1 Å². The number of benzene rings is 1. The molecule has 1 aliphatic rings. The largest absolute Gasteiger partial charge is 0.471 e. The van der Waals surface area contributed by atoms with Crippen molar-refractivity contribution < 1.29 is 34.0 Å². The molecule has 27 heavy (non-hydrogen) atoms. The van der Waals surface area contributed by atoms with Crippen LogP contribution >= 0.6 is 12.2 Å². The van der Waals surface area contributed by atoms with Gasteiger partial charge < -0.3 is 34.5 Å².